The Kier molecular flexibility index (Phi) is 2.92. The van der Waals surface area contributed by atoms with Crippen molar-refractivity contribution in [3.05, 3.63) is 42.1 Å². The van der Waals surface area contributed by atoms with Crippen LogP contribution in [0.3, 0.4) is 0 Å². The molecule has 5 heteroatoms. The summed E-state index contributed by atoms with van der Waals surface area (Å²) in [5.74, 6) is 0.933. The SMILES string of the molecule is Cn1cncc1CN(c1ccc(C#N)cn1)C1CC1. The van der Waals surface area contributed by atoms with E-state index in [2.05, 4.69) is 20.9 Å². The molecule has 0 N–H and O–H groups in total. The fourth-order valence-corrected chi connectivity index (χ4v) is 2.12. The molecule has 0 unspecified atom stereocenters. The molecule has 2 aromatic heterocycles. The first-order chi connectivity index (χ1) is 9.28. The first-order valence-corrected chi connectivity index (χ1v) is 6.36. The molecule has 0 spiro atoms. The molecule has 0 aromatic carbocycles. The number of aryl methyl sites for hydroxylation is 1. The maximum Gasteiger partial charge on any atom is 0.129 e. The number of imidazole rings is 1. The van der Waals surface area contributed by atoms with Crippen LogP contribution in [0.4, 0.5) is 5.82 Å². The first-order valence-electron chi connectivity index (χ1n) is 6.36. The largest absolute Gasteiger partial charge is 0.348 e. The molecule has 2 heterocycles. The van der Waals surface area contributed by atoms with Gasteiger partial charge in [-0.3, -0.25) is 0 Å². The molecule has 0 saturated heterocycles. The van der Waals surface area contributed by atoms with Gasteiger partial charge in [-0.2, -0.15) is 5.26 Å². The van der Waals surface area contributed by atoms with E-state index in [4.69, 9.17) is 5.26 Å². The van der Waals surface area contributed by atoms with Gasteiger partial charge in [0.15, 0.2) is 0 Å². The van der Waals surface area contributed by atoms with E-state index in [0.717, 1.165) is 18.1 Å². The zero-order valence-electron chi connectivity index (χ0n) is 10.8. The van der Waals surface area contributed by atoms with Gasteiger partial charge in [-0.25, -0.2) is 9.97 Å². The molecule has 1 aliphatic rings. The van der Waals surface area contributed by atoms with Gasteiger partial charge in [0.2, 0.25) is 0 Å². The van der Waals surface area contributed by atoms with Gasteiger partial charge in [-0.15, -0.1) is 0 Å². The molecule has 1 saturated carbocycles. The van der Waals surface area contributed by atoms with Crippen molar-refractivity contribution in [2.45, 2.75) is 25.4 Å². The van der Waals surface area contributed by atoms with Crippen LogP contribution >= 0.6 is 0 Å². The summed E-state index contributed by atoms with van der Waals surface area (Å²) in [6.45, 7) is 0.806. The topological polar surface area (TPSA) is 57.7 Å². The van der Waals surface area contributed by atoms with Crippen molar-refractivity contribution in [3.8, 4) is 6.07 Å². The number of anilines is 1. The Morgan fingerprint density at radius 3 is 2.79 bits per heavy atom. The maximum atomic E-state index is 8.82. The zero-order valence-corrected chi connectivity index (χ0v) is 10.8. The van der Waals surface area contributed by atoms with Crippen LogP contribution in [-0.4, -0.2) is 20.6 Å². The molecular formula is C14H15N5. The van der Waals surface area contributed by atoms with Crippen LogP contribution in [0.25, 0.3) is 0 Å². The van der Waals surface area contributed by atoms with Crippen molar-refractivity contribution in [1.29, 1.82) is 5.26 Å². The minimum atomic E-state index is 0.565. The second-order valence-electron chi connectivity index (χ2n) is 4.87. The molecule has 1 fully saturated rings. The van der Waals surface area contributed by atoms with Crippen molar-refractivity contribution in [3.63, 3.8) is 0 Å². The van der Waals surface area contributed by atoms with Gasteiger partial charge >= 0.3 is 0 Å². The molecule has 19 heavy (non-hydrogen) atoms. The molecule has 3 rings (SSSR count). The Balaban J connectivity index is 1.84. The van der Waals surface area contributed by atoms with Gasteiger partial charge in [0, 0.05) is 25.5 Å². The van der Waals surface area contributed by atoms with Crippen molar-refractivity contribution < 1.29 is 0 Å². The number of nitriles is 1. The van der Waals surface area contributed by atoms with Crippen LogP contribution in [0.1, 0.15) is 24.1 Å². The van der Waals surface area contributed by atoms with Crippen molar-refractivity contribution in [1.82, 2.24) is 14.5 Å². The lowest BCUT2D eigenvalue weighted by Crippen LogP contribution is -2.26. The summed E-state index contributed by atoms with van der Waals surface area (Å²) in [6.07, 6.45) is 7.75. The lowest BCUT2D eigenvalue weighted by atomic mass is 10.3. The molecule has 0 aliphatic heterocycles. The van der Waals surface area contributed by atoms with E-state index in [1.807, 2.05) is 36.3 Å². The fraction of sp³-hybridized carbons (Fsp3) is 0.357. The van der Waals surface area contributed by atoms with Crippen molar-refractivity contribution in [2.75, 3.05) is 4.90 Å². The third-order valence-electron chi connectivity index (χ3n) is 3.41. The molecule has 0 atom stereocenters. The third-order valence-corrected chi connectivity index (χ3v) is 3.41. The fourth-order valence-electron chi connectivity index (χ4n) is 2.12. The number of nitrogens with zero attached hydrogens (tertiary/aromatic N) is 5. The minimum Gasteiger partial charge on any atom is -0.348 e. The van der Waals surface area contributed by atoms with Gasteiger partial charge < -0.3 is 9.47 Å². The number of rotatable bonds is 4. The van der Waals surface area contributed by atoms with Crippen LogP contribution in [0.15, 0.2) is 30.9 Å². The molecule has 0 radical (unpaired) electrons. The lowest BCUT2D eigenvalue weighted by molar-refractivity contribution is 0.723. The Labute approximate surface area is 112 Å². The standard InChI is InChI=1S/C14H15N5/c1-18-10-16-8-13(18)9-19(12-3-4-12)14-5-2-11(6-15)7-17-14/h2,5,7-8,10,12H,3-4,9H2,1H3. The third kappa shape index (κ3) is 2.43. The lowest BCUT2D eigenvalue weighted by Gasteiger charge is -2.23. The summed E-state index contributed by atoms with van der Waals surface area (Å²) in [5, 5.41) is 8.82. The van der Waals surface area contributed by atoms with E-state index in [0.29, 0.717) is 11.6 Å². The average Bonchev–Trinajstić information content (AvgIpc) is 3.20. The molecule has 2 aromatic rings. The zero-order chi connectivity index (χ0) is 13.2. The Bertz CT molecular complexity index is 604. The normalized spacial score (nSPS) is 14.1. The van der Waals surface area contributed by atoms with Crippen molar-refractivity contribution in [2.24, 2.45) is 7.05 Å². The molecule has 5 nitrogen and oxygen atoms in total. The van der Waals surface area contributed by atoms with Gasteiger partial charge in [0.1, 0.15) is 11.9 Å². The highest BCUT2D eigenvalue weighted by Crippen LogP contribution is 2.31. The summed E-state index contributed by atoms with van der Waals surface area (Å²) in [5.41, 5.74) is 1.76. The monoisotopic (exact) mass is 253 g/mol. The smallest absolute Gasteiger partial charge is 0.129 e. The first kappa shape index (κ1) is 11.7. The van der Waals surface area contributed by atoms with E-state index >= 15 is 0 Å². The Morgan fingerprint density at radius 1 is 1.42 bits per heavy atom. The van der Waals surface area contributed by atoms with Crippen LogP contribution < -0.4 is 4.90 Å². The maximum absolute atomic E-state index is 8.82. The van der Waals surface area contributed by atoms with E-state index in [1.54, 1.807) is 6.20 Å². The average molecular weight is 253 g/mol. The Hall–Kier alpha value is -2.35. The number of hydrogen-bond acceptors (Lipinski definition) is 4. The van der Waals surface area contributed by atoms with Crippen molar-refractivity contribution >= 4 is 5.82 Å². The molecule has 0 amide bonds. The summed E-state index contributed by atoms with van der Waals surface area (Å²) in [7, 11) is 2.00. The van der Waals surface area contributed by atoms with E-state index < -0.39 is 0 Å². The predicted octanol–water partition coefficient (Wildman–Crippen LogP) is 1.86. The minimum absolute atomic E-state index is 0.565. The number of aromatic nitrogens is 3. The molecule has 0 bridgehead atoms. The number of pyridine rings is 1. The van der Waals surface area contributed by atoms with Gasteiger partial charge in [0.05, 0.1) is 24.1 Å². The van der Waals surface area contributed by atoms with E-state index in [9.17, 15) is 0 Å². The number of hydrogen-bond donors (Lipinski definition) is 0. The van der Waals surface area contributed by atoms with Crippen LogP contribution in [0, 0.1) is 11.3 Å². The van der Waals surface area contributed by atoms with Crippen LogP contribution in [-0.2, 0) is 13.6 Å². The van der Waals surface area contributed by atoms with E-state index in [-0.39, 0.29) is 0 Å². The summed E-state index contributed by atoms with van der Waals surface area (Å²) < 4.78 is 2.03. The summed E-state index contributed by atoms with van der Waals surface area (Å²) >= 11 is 0. The second-order valence-corrected chi connectivity index (χ2v) is 4.87. The van der Waals surface area contributed by atoms with E-state index in [1.165, 1.54) is 12.8 Å². The highest BCUT2D eigenvalue weighted by molar-refractivity contribution is 5.44. The summed E-state index contributed by atoms with van der Waals surface area (Å²) in [4.78, 5) is 10.8. The van der Waals surface area contributed by atoms with Gasteiger partial charge in [-0.05, 0) is 25.0 Å². The second kappa shape index (κ2) is 4.73. The predicted molar refractivity (Wildman–Crippen MR) is 71.4 cm³/mol. The Morgan fingerprint density at radius 2 is 2.26 bits per heavy atom. The van der Waals surface area contributed by atoms with Crippen LogP contribution in [0.5, 0.6) is 0 Å². The van der Waals surface area contributed by atoms with Crippen LogP contribution in [0.2, 0.25) is 0 Å². The molecule has 96 valence electrons. The highest BCUT2D eigenvalue weighted by atomic mass is 15.2. The van der Waals surface area contributed by atoms with Gasteiger partial charge in [0.25, 0.3) is 0 Å². The van der Waals surface area contributed by atoms with Gasteiger partial charge in [-0.1, -0.05) is 0 Å². The molecule has 1 aliphatic carbocycles. The highest BCUT2D eigenvalue weighted by Gasteiger charge is 2.30. The quantitative estimate of drug-likeness (QED) is 0.834. The summed E-state index contributed by atoms with van der Waals surface area (Å²) in [6, 6.07) is 6.41. The molecular weight excluding hydrogens is 238 g/mol.